The van der Waals surface area contributed by atoms with Crippen molar-refractivity contribution in [3.63, 3.8) is 0 Å². The van der Waals surface area contributed by atoms with Crippen LogP contribution in [0.25, 0.3) is 0 Å². The molecule has 2 heterocycles. The van der Waals surface area contributed by atoms with Crippen molar-refractivity contribution in [1.29, 1.82) is 0 Å². The maximum absolute atomic E-state index is 12.5. The molecule has 1 N–H and O–H groups in total. The number of anilines is 2. The smallest absolute Gasteiger partial charge is 0.259 e. The van der Waals surface area contributed by atoms with Gasteiger partial charge in [0.05, 0.1) is 24.1 Å². The molecule has 0 aliphatic carbocycles. The fourth-order valence-electron chi connectivity index (χ4n) is 2.82. The van der Waals surface area contributed by atoms with Gasteiger partial charge in [-0.25, -0.2) is 4.98 Å². The van der Waals surface area contributed by atoms with Gasteiger partial charge in [-0.2, -0.15) is 0 Å². The number of ether oxygens (including phenoxy) is 1. The van der Waals surface area contributed by atoms with Crippen LogP contribution in [0.3, 0.4) is 0 Å². The van der Waals surface area contributed by atoms with E-state index in [-0.39, 0.29) is 5.91 Å². The molecule has 25 heavy (non-hydrogen) atoms. The molecule has 0 bridgehead atoms. The van der Waals surface area contributed by atoms with Crippen LogP contribution in [0.4, 0.5) is 11.5 Å². The minimum absolute atomic E-state index is 0.196. The first-order valence-corrected chi connectivity index (χ1v) is 8.60. The number of aromatic nitrogens is 1. The van der Waals surface area contributed by atoms with Crippen LogP contribution in [-0.4, -0.2) is 55.6 Å². The summed E-state index contributed by atoms with van der Waals surface area (Å²) in [5.74, 6) is 1.34. The largest absolute Gasteiger partial charge is 0.493 e. The molecule has 6 heteroatoms. The molecule has 1 aliphatic heterocycles. The summed E-state index contributed by atoms with van der Waals surface area (Å²) in [4.78, 5) is 21.6. The zero-order chi connectivity index (χ0) is 17.6. The lowest BCUT2D eigenvalue weighted by molar-refractivity contribution is 0.102. The number of carbonyl (C=O) groups is 1. The number of hydrogen-bond donors (Lipinski definition) is 1. The molecule has 0 saturated carbocycles. The van der Waals surface area contributed by atoms with Gasteiger partial charge < -0.3 is 19.9 Å². The number of nitrogens with zero attached hydrogens (tertiary/aromatic N) is 3. The summed E-state index contributed by atoms with van der Waals surface area (Å²) in [6, 6.07) is 11.1. The highest BCUT2D eigenvalue weighted by Crippen LogP contribution is 2.21. The van der Waals surface area contributed by atoms with Crippen LogP contribution >= 0.6 is 0 Å². The third kappa shape index (κ3) is 4.28. The van der Waals surface area contributed by atoms with Gasteiger partial charge in [0.25, 0.3) is 5.91 Å². The Morgan fingerprint density at radius 2 is 1.92 bits per heavy atom. The van der Waals surface area contributed by atoms with Crippen molar-refractivity contribution in [3.05, 3.63) is 48.2 Å². The number of hydrogen-bond acceptors (Lipinski definition) is 5. The van der Waals surface area contributed by atoms with Crippen molar-refractivity contribution in [1.82, 2.24) is 9.88 Å². The van der Waals surface area contributed by atoms with Crippen LogP contribution in [0.2, 0.25) is 0 Å². The lowest BCUT2D eigenvalue weighted by Crippen LogP contribution is -2.44. The molecule has 3 rings (SSSR count). The number of nitrogens with one attached hydrogen (secondary N) is 1. The number of pyridine rings is 1. The summed E-state index contributed by atoms with van der Waals surface area (Å²) in [6.45, 7) is 6.43. The fourth-order valence-corrected chi connectivity index (χ4v) is 2.82. The number of amides is 1. The van der Waals surface area contributed by atoms with E-state index in [9.17, 15) is 4.79 Å². The molecular formula is C19H24N4O2. The van der Waals surface area contributed by atoms with Crippen LogP contribution in [0, 0.1) is 0 Å². The molecule has 0 radical (unpaired) electrons. The quantitative estimate of drug-likeness (QED) is 0.906. The molecule has 132 valence electrons. The minimum atomic E-state index is -0.196. The van der Waals surface area contributed by atoms with Crippen molar-refractivity contribution in [2.45, 2.75) is 6.92 Å². The number of benzene rings is 1. The first kappa shape index (κ1) is 17.2. The van der Waals surface area contributed by atoms with Gasteiger partial charge in [-0.05, 0) is 38.2 Å². The van der Waals surface area contributed by atoms with Crippen molar-refractivity contribution >= 4 is 17.4 Å². The molecule has 1 aromatic heterocycles. The summed E-state index contributed by atoms with van der Waals surface area (Å²) in [5.41, 5.74) is 1.20. The Labute approximate surface area is 148 Å². The van der Waals surface area contributed by atoms with E-state index in [2.05, 4.69) is 27.1 Å². The number of likely N-dealkylation sites (N-methyl/N-ethyl adjacent to an activating group) is 1. The third-order valence-electron chi connectivity index (χ3n) is 4.26. The van der Waals surface area contributed by atoms with Gasteiger partial charge in [0, 0.05) is 26.2 Å². The highest BCUT2D eigenvalue weighted by atomic mass is 16.5. The number of para-hydroxylation sites is 1. The molecular weight excluding hydrogens is 316 g/mol. The maximum Gasteiger partial charge on any atom is 0.259 e. The average Bonchev–Trinajstić information content (AvgIpc) is 2.64. The Balaban J connectivity index is 1.66. The second kappa shape index (κ2) is 7.98. The molecule has 1 aliphatic rings. The van der Waals surface area contributed by atoms with Gasteiger partial charge in [-0.1, -0.05) is 12.1 Å². The predicted octanol–water partition coefficient (Wildman–Crippen LogP) is 2.48. The van der Waals surface area contributed by atoms with Gasteiger partial charge in [0.15, 0.2) is 0 Å². The Morgan fingerprint density at radius 1 is 1.16 bits per heavy atom. The summed E-state index contributed by atoms with van der Waals surface area (Å²) in [7, 11) is 2.13. The molecule has 2 aromatic rings. The number of piperazine rings is 1. The SMILES string of the molecule is CCOc1ccccc1C(=O)Nc1ccc(N2CCN(C)CC2)nc1. The van der Waals surface area contributed by atoms with Crippen LogP contribution in [0.5, 0.6) is 5.75 Å². The number of carbonyl (C=O) groups excluding carboxylic acids is 1. The third-order valence-corrected chi connectivity index (χ3v) is 4.26. The molecule has 1 saturated heterocycles. The van der Waals surface area contributed by atoms with E-state index >= 15 is 0 Å². The van der Waals surface area contributed by atoms with E-state index < -0.39 is 0 Å². The van der Waals surface area contributed by atoms with E-state index in [0.717, 1.165) is 32.0 Å². The van der Waals surface area contributed by atoms with E-state index in [1.165, 1.54) is 0 Å². The fraction of sp³-hybridized carbons (Fsp3) is 0.368. The van der Waals surface area contributed by atoms with Gasteiger partial charge in [-0.3, -0.25) is 4.79 Å². The Hall–Kier alpha value is -2.60. The van der Waals surface area contributed by atoms with Gasteiger partial charge in [-0.15, -0.1) is 0 Å². The van der Waals surface area contributed by atoms with Crippen molar-refractivity contribution < 1.29 is 9.53 Å². The molecule has 0 atom stereocenters. The second-order valence-electron chi connectivity index (χ2n) is 6.08. The van der Waals surface area contributed by atoms with Gasteiger partial charge >= 0.3 is 0 Å². The van der Waals surface area contributed by atoms with Crippen molar-refractivity contribution in [2.24, 2.45) is 0 Å². The summed E-state index contributed by atoms with van der Waals surface area (Å²) in [5, 5.41) is 2.89. The Kier molecular flexibility index (Phi) is 5.50. The summed E-state index contributed by atoms with van der Waals surface area (Å²) < 4.78 is 5.52. The topological polar surface area (TPSA) is 57.7 Å². The average molecular weight is 340 g/mol. The highest BCUT2D eigenvalue weighted by Gasteiger charge is 2.16. The van der Waals surface area contributed by atoms with Crippen molar-refractivity contribution in [3.8, 4) is 5.75 Å². The first-order valence-electron chi connectivity index (χ1n) is 8.60. The first-order chi connectivity index (χ1) is 12.2. The normalized spacial score (nSPS) is 15.0. The summed E-state index contributed by atoms with van der Waals surface area (Å²) >= 11 is 0. The highest BCUT2D eigenvalue weighted by molar-refractivity contribution is 6.06. The molecule has 0 spiro atoms. The zero-order valence-corrected chi connectivity index (χ0v) is 14.7. The van der Waals surface area contributed by atoms with Crippen LogP contribution in [-0.2, 0) is 0 Å². The monoisotopic (exact) mass is 340 g/mol. The van der Waals surface area contributed by atoms with Gasteiger partial charge in [0.2, 0.25) is 0 Å². The van der Waals surface area contributed by atoms with Gasteiger partial charge in [0.1, 0.15) is 11.6 Å². The number of rotatable bonds is 5. The molecule has 1 aromatic carbocycles. The van der Waals surface area contributed by atoms with E-state index in [0.29, 0.717) is 23.6 Å². The van der Waals surface area contributed by atoms with E-state index in [1.54, 1.807) is 18.3 Å². The maximum atomic E-state index is 12.5. The standard InChI is InChI=1S/C19H24N4O2/c1-3-25-17-7-5-4-6-16(17)19(24)21-15-8-9-18(20-14-15)23-12-10-22(2)11-13-23/h4-9,14H,3,10-13H2,1-2H3,(H,21,24). The Bertz CT molecular complexity index is 710. The predicted molar refractivity (Wildman–Crippen MR) is 99.5 cm³/mol. The lowest BCUT2D eigenvalue weighted by Gasteiger charge is -2.33. The molecule has 1 amide bonds. The molecule has 0 unspecified atom stereocenters. The molecule has 6 nitrogen and oxygen atoms in total. The van der Waals surface area contributed by atoms with Crippen LogP contribution in [0.15, 0.2) is 42.6 Å². The second-order valence-corrected chi connectivity index (χ2v) is 6.08. The van der Waals surface area contributed by atoms with Crippen molar-refractivity contribution in [2.75, 3.05) is 50.1 Å². The zero-order valence-electron chi connectivity index (χ0n) is 14.7. The van der Waals surface area contributed by atoms with Crippen LogP contribution in [0.1, 0.15) is 17.3 Å². The summed E-state index contributed by atoms with van der Waals surface area (Å²) in [6.07, 6.45) is 1.70. The Morgan fingerprint density at radius 3 is 2.60 bits per heavy atom. The van der Waals surface area contributed by atoms with E-state index in [1.807, 2.05) is 31.2 Å². The minimum Gasteiger partial charge on any atom is -0.493 e. The van der Waals surface area contributed by atoms with E-state index in [4.69, 9.17) is 4.74 Å². The lowest BCUT2D eigenvalue weighted by atomic mass is 10.2. The van der Waals surface area contributed by atoms with Crippen LogP contribution < -0.4 is 15.0 Å². The molecule has 1 fully saturated rings.